The van der Waals surface area contributed by atoms with Crippen molar-refractivity contribution in [1.29, 1.82) is 0 Å². The van der Waals surface area contributed by atoms with Crippen molar-refractivity contribution in [3.05, 3.63) is 79.5 Å². The van der Waals surface area contributed by atoms with Gasteiger partial charge in [-0.15, -0.1) is 5.10 Å². The largest absolute Gasteiger partial charge is 0.352 e. The number of nitrogens with zero attached hydrogens (tertiary/aromatic N) is 4. The number of carbonyl (C=O) groups excluding carboxylic acids is 1. The number of fused-ring (bicyclic) bond motifs is 3. The Balaban J connectivity index is 1.97. The highest BCUT2D eigenvalue weighted by atomic mass is 35.5. The zero-order valence-electron chi connectivity index (χ0n) is 19.0. The van der Waals surface area contributed by atoms with Crippen molar-refractivity contribution in [2.24, 2.45) is 5.92 Å². The van der Waals surface area contributed by atoms with Crippen molar-refractivity contribution >= 4 is 34.2 Å². The van der Waals surface area contributed by atoms with Gasteiger partial charge in [-0.1, -0.05) is 37.6 Å². The fraction of sp³-hybridized carbons (Fsp3) is 0.333. The highest BCUT2D eigenvalue weighted by molar-refractivity contribution is 6.30. The summed E-state index contributed by atoms with van der Waals surface area (Å²) in [6.07, 6.45) is 0. The summed E-state index contributed by atoms with van der Waals surface area (Å²) in [6.45, 7) is 8.36. The van der Waals surface area contributed by atoms with Gasteiger partial charge in [0.25, 0.3) is 11.5 Å². The SMILES string of the molecule is CC(C)Cn1c(=O)c2ccc(C(=O)NC(C)C)cc2n2c(=O)n(Cc3ccc(Cl)cc3)nc12. The van der Waals surface area contributed by atoms with Crippen LogP contribution in [0.3, 0.4) is 0 Å². The van der Waals surface area contributed by atoms with E-state index in [-0.39, 0.29) is 41.4 Å². The third kappa shape index (κ3) is 4.43. The molecule has 0 unspecified atom stereocenters. The highest BCUT2D eigenvalue weighted by Gasteiger charge is 2.20. The zero-order valence-corrected chi connectivity index (χ0v) is 19.8. The van der Waals surface area contributed by atoms with Crippen LogP contribution < -0.4 is 16.6 Å². The molecule has 0 aliphatic carbocycles. The molecular weight excluding hydrogens is 442 g/mol. The molecule has 0 radical (unpaired) electrons. The van der Waals surface area contributed by atoms with Crippen LogP contribution in [0.25, 0.3) is 16.7 Å². The number of nitrogens with one attached hydrogen (secondary N) is 1. The molecule has 33 heavy (non-hydrogen) atoms. The molecule has 8 nitrogen and oxygen atoms in total. The number of amides is 1. The van der Waals surface area contributed by atoms with E-state index < -0.39 is 0 Å². The minimum absolute atomic E-state index is 0.0443. The van der Waals surface area contributed by atoms with Gasteiger partial charge in [-0.2, -0.15) is 0 Å². The second kappa shape index (κ2) is 8.86. The fourth-order valence-corrected chi connectivity index (χ4v) is 3.92. The molecule has 0 saturated heterocycles. The summed E-state index contributed by atoms with van der Waals surface area (Å²) in [5, 5.41) is 8.31. The molecule has 4 aromatic rings. The Morgan fingerprint density at radius 2 is 1.76 bits per heavy atom. The van der Waals surface area contributed by atoms with E-state index in [1.807, 2.05) is 39.8 Å². The smallest absolute Gasteiger partial charge is 0.350 e. The Labute approximate surface area is 195 Å². The minimum atomic E-state index is -0.385. The molecule has 1 N–H and O–H groups in total. The van der Waals surface area contributed by atoms with E-state index in [1.54, 1.807) is 30.3 Å². The lowest BCUT2D eigenvalue weighted by atomic mass is 10.1. The van der Waals surface area contributed by atoms with Crippen molar-refractivity contribution in [3.8, 4) is 0 Å². The molecule has 0 atom stereocenters. The van der Waals surface area contributed by atoms with Crippen LogP contribution in [0.5, 0.6) is 0 Å². The van der Waals surface area contributed by atoms with E-state index in [0.717, 1.165) is 5.56 Å². The number of rotatable bonds is 6. The lowest BCUT2D eigenvalue weighted by Crippen LogP contribution is -2.31. The Morgan fingerprint density at radius 3 is 2.39 bits per heavy atom. The van der Waals surface area contributed by atoms with Crippen LogP contribution in [0.4, 0.5) is 0 Å². The number of aromatic nitrogens is 4. The third-order valence-electron chi connectivity index (χ3n) is 5.25. The average Bonchev–Trinajstić information content (AvgIpc) is 3.07. The van der Waals surface area contributed by atoms with Crippen LogP contribution in [0.1, 0.15) is 43.6 Å². The molecule has 0 saturated carbocycles. The van der Waals surface area contributed by atoms with Crippen LogP contribution >= 0.6 is 11.6 Å². The van der Waals surface area contributed by atoms with Gasteiger partial charge in [0.05, 0.1) is 17.4 Å². The van der Waals surface area contributed by atoms with Crippen molar-refractivity contribution < 1.29 is 4.79 Å². The maximum Gasteiger partial charge on any atom is 0.352 e. The lowest BCUT2D eigenvalue weighted by Gasteiger charge is -2.13. The molecule has 0 aliphatic rings. The van der Waals surface area contributed by atoms with Gasteiger partial charge in [-0.25, -0.2) is 13.9 Å². The number of carbonyl (C=O) groups is 1. The topological polar surface area (TPSA) is 90.4 Å². The molecular formula is C24H26ClN5O3. The maximum absolute atomic E-state index is 13.4. The summed E-state index contributed by atoms with van der Waals surface area (Å²) in [7, 11) is 0. The molecule has 0 fully saturated rings. The first-order valence-electron chi connectivity index (χ1n) is 10.9. The molecule has 0 aliphatic heterocycles. The van der Waals surface area contributed by atoms with Crippen molar-refractivity contribution in [2.75, 3.05) is 0 Å². The van der Waals surface area contributed by atoms with Gasteiger partial charge >= 0.3 is 5.69 Å². The predicted molar refractivity (Wildman–Crippen MR) is 129 cm³/mol. The molecule has 2 aromatic heterocycles. The monoisotopic (exact) mass is 467 g/mol. The fourth-order valence-electron chi connectivity index (χ4n) is 3.80. The van der Waals surface area contributed by atoms with Gasteiger partial charge in [-0.3, -0.25) is 14.2 Å². The van der Waals surface area contributed by atoms with Gasteiger partial charge in [0.1, 0.15) is 0 Å². The quantitative estimate of drug-likeness (QED) is 0.471. The first kappa shape index (κ1) is 22.8. The number of hydrogen-bond donors (Lipinski definition) is 1. The van der Waals surface area contributed by atoms with Crippen molar-refractivity contribution in [1.82, 2.24) is 24.1 Å². The molecule has 0 spiro atoms. The summed E-state index contributed by atoms with van der Waals surface area (Å²) in [6, 6.07) is 11.9. The number of benzene rings is 2. The lowest BCUT2D eigenvalue weighted by molar-refractivity contribution is 0.0943. The van der Waals surface area contributed by atoms with Gasteiger partial charge < -0.3 is 5.32 Å². The Morgan fingerprint density at radius 1 is 1.06 bits per heavy atom. The van der Waals surface area contributed by atoms with Gasteiger partial charge in [0, 0.05) is 23.2 Å². The van der Waals surface area contributed by atoms with Crippen molar-refractivity contribution in [2.45, 2.75) is 46.8 Å². The summed E-state index contributed by atoms with van der Waals surface area (Å²) >= 11 is 5.97. The molecule has 172 valence electrons. The van der Waals surface area contributed by atoms with Gasteiger partial charge in [0.15, 0.2) is 0 Å². The second-order valence-corrected chi connectivity index (χ2v) is 9.31. The molecule has 2 heterocycles. The predicted octanol–water partition coefficient (Wildman–Crippen LogP) is 3.31. The van der Waals surface area contributed by atoms with Crippen LogP contribution in [0.15, 0.2) is 52.1 Å². The third-order valence-corrected chi connectivity index (χ3v) is 5.51. The second-order valence-electron chi connectivity index (χ2n) is 8.87. The van der Waals surface area contributed by atoms with Gasteiger partial charge in [0.2, 0.25) is 5.78 Å². The van der Waals surface area contributed by atoms with E-state index in [1.165, 1.54) is 13.6 Å². The number of halogens is 1. The summed E-state index contributed by atoms with van der Waals surface area (Å²) in [5.74, 6) is 0.145. The maximum atomic E-state index is 13.4. The van der Waals surface area contributed by atoms with E-state index in [2.05, 4.69) is 10.4 Å². The standard InChI is InChI=1S/C24H26ClN5O3/c1-14(2)12-28-22(32)19-10-7-17(21(31)26-15(3)4)11-20(19)30-23(28)27-29(24(30)33)13-16-5-8-18(25)9-6-16/h5-11,14-15H,12-13H2,1-4H3,(H,26,31). The molecule has 1 amide bonds. The van der Waals surface area contributed by atoms with E-state index in [4.69, 9.17) is 11.6 Å². The van der Waals surface area contributed by atoms with Crippen molar-refractivity contribution in [3.63, 3.8) is 0 Å². The summed E-state index contributed by atoms with van der Waals surface area (Å²) in [5.41, 5.74) is 0.952. The molecule has 4 rings (SSSR count). The van der Waals surface area contributed by atoms with Gasteiger partial charge in [-0.05, 0) is 55.7 Å². The number of hydrogen-bond acceptors (Lipinski definition) is 4. The molecule has 9 heteroatoms. The van der Waals surface area contributed by atoms with E-state index in [0.29, 0.717) is 28.0 Å². The van der Waals surface area contributed by atoms with Crippen LogP contribution in [0, 0.1) is 5.92 Å². The van der Waals surface area contributed by atoms with Crippen LogP contribution in [0.2, 0.25) is 5.02 Å². The Bertz CT molecular complexity index is 1460. The molecule has 0 bridgehead atoms. The Hall–Kier alpha value is -3.39. The van der Waals surface area contributed by atoms with E-state index in [9.17, 15) is 14.4 Å². The van der Waals surface area contributed by atoms with Crippen LogP contribution in [-0.2, 0) is 13.1 Å². The zero-order chi connectivity index (χ0) is 23.9. The van der Waals surface area contributed by atoms with E-state index >= 15 is 0 Å². The highest BCUT2D eigenvalue weighted by Crippen LogP contribution is 2.16. The first-order valence-corrected chi connectivity index (χ1v) is 11.2. The minimum Gasteiger partial charge on any atom is -0.350 e. The normalized spacial score (nSPS) is 11.7. The Kier molecular flexibility index (Phi) is 6.12. The molecule has 2 aromatic carbocycles. The first-order chi connectivity index (χ1) is 15.7. The summed E-state index contributed by atoms with van der Waals surface area (Å²) < 4.78 is 4.27. The van der Waals surface area contributed by atoms with Crippen LogP contribution in [-0.4, -0.2) is 30.7 Å². The average molecular weight is 468 g/mol. The summed E-state index contributed by atoms with van der Waals surface area (Å²) in [4.78, 5) is 39.4.